The van der Waals surface area contributed by atoms with Crippen molar-refractivity contribution in [1.82, 2.24) is 14.5 Å². The van der Waals surface area contributed by atoms with Crippen LogP contribution >= 0.6 is 0 Å². The van der Waals surface area contributed by atoms with E-state index in [-0.39, 0.29) is 12.5 Å². The Hall–Kier alpha value is -3.74. The van der Waals surface area contributed by atoms with Crippen molar-refractivity contribution in [2.75, 3.05) is 12.5 Å². The molecule has 1 aliphatic rings. The Morgan fingerprint density at radius 2 is 1.81 bits per heavy atom. The molecule has 2 aromatic carbocycles. The lowest BCUT2D eigenvalue weighted by atomic mass is 10.1. The molecule has 26 heavy (non-hydrogen) atoms. The largest absolute Gasteiger partial charge is 0.508 e. The highest BCUT2D eigenvalue weighted by Crippen LogP contribution is 2.38. The molecule has 0 saturated heterocycles. The summed E-state index contributed by atoms with van der Waals surface area (Å²) in [7, 11) is 0. The summed E-state index contributed by atoms with van der Waals surface area (Å²) in [6.07, 6.45) is 3.40. The molecule has 7 heteroatoms. The van der Waals surface area contributed by atoms with Gasteiger partial charge >= 0.3 is 0 Å². The van der Waals surface area contributed by atoms with Gasteiger partial charge in [-0.15, -0.1) is 0 Å². The van der Waals surface area contributed by atoms with Crippen molar-refractivity contribution in [2.45, 2.75) is 0 Å². The molecule has 3 N–H and O–H groups in total. The SMILES string of the molecule is Nc1ncnc2c1c(-c1ccc(O)cc1)cn2-c1ccc2c(c1)OCO2. The van der Waals surface area contributed by atoms with Crippen LogP contribution in [0.25, 0.3) is 27.8 Å². The third kappa shape index (κ3) is 2.14. The maximum absolute atomic E-state index is 9.56. The van der Waals surface area contributed by atoms with Gasteiger partial charge in [-0.2, -0.15) is 0 Å². The van der Waals surface area contributed by atoms with Gasteiger partial charge in [0.05, 0.1) is 11.1 Å². The lowest BCUT2D eigenvalue weighted by molar-refractivity contribution is 0.174. The highest BCUT2D eigenvalue weighted by molar-refractivity contribution is 6.01. The van der Waals surface area contributed by atoms with Gasteiger partial charge < -0.3 is 24.9 Å². The molecule has 3 heterocycles. The maximum atomic E-state index is 9.56. The summed E-state index contributed by atoms with van der Waals surface area (Å²) in [5.74, 6) is 2.02. The van der Waals surface area contributed by atoms with E-state index in [1.165, 1.54) is 6.33 Å². The molecule has 0 radical (unpaired) electrons. The number of fused-ring (bicyclic) bond motifs is 2. The predicted octanol–water partition coefficient (Wildman–Crippen LogP) is 3.10. The van der Waals surface area contributed by atoms with Crippen LogP contribution in [0.1, 0.15) is 0 Å². The molecule has 4 aromatic rings. The molecule has 5 rings (SSSR count). The van der Waals surface area contributed by atoms with Crippen LogP contribution in [0.5, 0.6) is 17.2 Å². The number of rotatable bonds is 2. The van der Waals surface area contributed by atoms with Crippen molar-refractivity contribution < 1.29 is 14.6 Å². The van der Waals surface area contributed by atoms with E-state index >= 15 is 0 Å². The molecular formula is C19H14N4O3. The van der Waals surface area contributed by atoms with Crippen LogP contribution in [0, 0.1) is 0 Å². The topological polar surface area (TPSA) is 95.4 Å². The van der Waals surface area contributed by atoms with E-state index in [0.717, 1.165) is 28.0 Å². The third-order valence-corrected chi connectivity index (χ3v) is 4.42. The van der Waals surface area contributed by atoms with Crippen LogP contribution in [0.2, 0.25) is 0 Å². The van der Waals surface area contributed by atoms with Crippen molar-refractivity contribution in [3.63, 3.8) is 0 Å². The van der Waals surface area contributed by atoms with Crippen LogP contribution < -0.4 is 15.2 Å². The van der Waals surface area contributed by atoms with Crippen LogP contribution in [0.15, 0.2) is 55.0 Å². The molecule has 0 unspecified atom stereocenters. The standard InChI is InChI=1S/C19H14N4O3/c20-18-17-14(11-1-4-13(24)5-2-11)8-23(19(17)22-9-21-18)12-3-6-15-16(7-12)26-10-25-15/h1-9,24H,10H2,(H2,20,21,22). The number of aromatic nitrogens is 3. The van der Waals surface area contributed by atoms with Gasteiger partial charge in [0.25, 0.3) is 0 Å². The zero-order valence-electron chi connectivity index (χ0n) is 13.6. The number of aromatic hydroxyl groups is 1. The van der Waals surface area contributed by atoms with E-state index < -0.39 is 0 Å². The molecule has 0 aliphatic carbocycles. The van der Waals surface area contributed by atoms with E-state index in [1.54, 1.807) is 12.1 Å². The van der Waals surface area contributed by atoms with E-state index in [4.69, 9.17) is 15.2 Å². The number of ether oxygens (including phenoxy) is 2. The Balaban J connectivity index is 1.76. The van der Waals surface area contributed by atoms with Crippen LogP contribution in [-0.4, -0.2) is 26.4 Å². The quantitative estimate of drug-likeness (QED) is 0.579. The number of anilines is 1. The normalized spacial score (nSPS) is 12.6. The number of hydrogen-bond donors (Lipinski definition) is 2. The lowest BCUT2D eigenvalue weighted by Gasteiger charge is -2.05. The fraction of sp³-hybridized carbons (Fsp3) is 0.0526. The average molecular weight is 346 g/mol. The summed E-state index contributed by atoms with van der Waals surface area (Å²) < 4.78 is 12.8. The molecular weight excluding hydrogens is 332 g/mol. The number of nitrogens with two attached hydrogens (primary N) is 1. The van der Waals surface area contributed by atoms with Gasteiger partial charge in [-0.25, -0.2) is 9.97 Å². The molecule has 0 saturated carbocycles. The van der Waals surface area contributed by atoms with Crippen molar-refractivity contribution in [3.05, 3.63) is 55.0 Å². The molecule has 0 bridgehead atoms. The van der Waals surface area contributed by atoms with Crippen LogP contribution in [0.4, 0.5) is 5.82 Å². The number of benzene rings is 2. The number of phenolic OH excluding ortho intramolecular Hbond substituents is 1. The summed E-state index contributed by atoms with van der Waals surface area (Å²) in [5.41, 5.74) is 9.51. The van der Waals surface area contributed by atoms with Gasteiger partial charge in [-0.3, -0.25) is 0 Å². The minimum Gasteiger partial charge on any atom is -0.508 e. The summed E-state index contributed by atoms with van der Waals surface area (Å²) >= 11 is 0. The van der Waals surface area contributed by atoms with Crippen LogP contribution in [0.3, 0.4) is 0 Å². The molecule has 0 fully saturated rings. The molecule has 128 valence electrons. The zero-order valence-corrected chi connectivity index (χ0v) is 13.6. The maximum Gasteiger partial charge on any atom is 0.231 e. The Morgan fingerprint density at radius 1 is 1.00 bits per heavy atom. The first kappa shape index (κ1) is 14.6. The molecule has 0 spiro atoms. The summed E-state index contributed by atoms with van der Waals surface area (Å²) in [6, 6.07) is 12.7. The number of nitrogens with zero attached hydrogens (tertiary/aromatic N) is 3. The molecule has 2 aromatic heterocycles. The van der Waals surface area contributed by atoms with E-state index in [0.29, 0.717) is 17.2 Å². The number of hydrogen-bond acceptors (Lipinski definition) is 6. The highest BCUT2D eigenvalue weighted by atomic mass is 16.7. The Morgan fingerprint density at radius 3 is 2.65 bits per heavy atom. The second-order valence-corrected chi connectivity index (χ2v) is 5.95. The fourth-order valence-corrected chi connectivity index (χ4v) is 3.18. The molecule has 1 aliphatic heterocycles. The van der Waals surface area contributed by atoms with Gasteiger partial charge in [-0.05, 0) is 29.8 Å². The first-order valence-corrected chi connectivity index (χ1v) is 8.01. The third-order valence-electron chi connectivity index (χ3n) is 4.42. The van der Waals surface area contributed by atoms with Crippen molar-refractivity contribution in [1.29, 1.82) is 0 Å². The number of phenols is 1. The molecule has 0 atom stereocenters. The number of nitrogen functional groups attached to an aromatic ring is 1. The summed E-state index contributed by atoms with van der Waals surface area (Å²) in [5, 5.41) is 10.3. The van der Waals surface area contributed by atoms with Gasteiger partial charge in [0.15, 0.2) is 17.1 Å². The first-order valence-electron chi connectivity index (χ1n) is 8.01. The summed E-state index contributed by atoms with van der Waals surface area (Å²) in [6.45, 7) is 0.221. The van der Waals surface area contributed by atoms with E-state index in [2.05, 4.69) is 9.97 Å². The minimum atomic E-state index is 0.206. The second kappa shape index (κ2) is 5.38. The highest BCUT2D eigenvalue weighted by Gasteiger charge is 2.19. The van der Waals surface area contributed by atoms with Crippen LogP contribution in [-0.2, 0) is 0 Å². The van der Waals surface area contributed by atoms with Crippen molar-refractivity contribution in [3.8, 4) is 34.1 Å². The molecule has 0 amide bonds. The van der Waals surface area contributed by atoms with Gasteiger partial charge in [0.2, 0.25) is 6.79 Å². The molecule has 7 nitrogen and oxygen atoms in total. The predicted molar refractivity (Wildman–Crippen MR) is 96.5 cm³/mol. The summed E-state index contributed by atoms with van der Waals surface area (Å²) in [4.78, 5) is 8.56. The smallest absolute Gasteiger partial charge is 0.231 e. The Labute approximate surface area is 148 Å². The minimum absolute atomic E-state index is 0.206. The van der Waals surface area contributed by atoms with Gasteiger partial charge in [0, 0.05) is 17.8 Å². The average Bonchev–Trinajstić information content (AvgIpc) is 3.27. The zero-order chi connectivity index (χ0) is 17.7. The van der Waals surface area contributed by atoms with Gasteiger partial charge in [0.1, 0.15) is 17.9 Å². The monoisotopic (exact) mass is 346 g/mol. The Bertz CT molecular complexity index is 1140. The van der Waals surface area contributed by atoms with Crippen molar-refractivity contribution >= 4 is 16.9 Å². The fourth-order valence-electron chi connectivity index (χ4n) is 3.18. The first-order chi connectivity index (χ1) is 12.7. The second-order valence-electron chi connectivity index (χ2n) is 5.95. The lowest BCUT2D eigenvalue weighted by Crippen LogP contribution is -1.97. The van der Waals surface area contributed by atoms with Gasteiger partial charge in [-0.1, -0.05) is 12.1 Å². The van der Waals surface area contributed by atoms with E-state index in [9.17, 15) is 5.11 Å². The Kier molecular flexibility index (Phi) is 3.02. The van der Waals surface area contributed by atoms with Crippen molar-refractivity contribution in [2.24, 2.45) is 0 Å². The van der Waals surface area contributed by atoms with E-state index in [1.807, 2.05) is 41.1 Å².